The van der Waals surface area contributed by atoms with Gasteiger partial charge in [0.05, 0.1) is 33.5 Å². The molecule has 0 saturated heterocycles. The zero-order chi connectivity index (χ0) is 45.4. The molecule has 66 heavy (non-hydrogen) atoms. The van der Waals surface area contributed by atoms with Crippen molar-refractivity contribution in [2.24, 2.45) is 0 Å². The molecule has 9 aromatic carbocycles. The number of aryl methyl sites for hydroxylation is 6. The van der Waals surface area contributed by atoms with Crippen molar-refractivity contribution in [2.75, 3.05) is 4.90 Å². The summed E-state index contributed by atoms with van der Waals surface area (Å²) in [5.74, 6) is -0.702. The van der Waals surface area contributed by atoms with Crippen molar-refractivity contribution >= 4 is 39.3 Å². The van der Waals surface area contributed by atoms with Gasteiger partial charge in [0, 0.05) is 21.9 Å². The second-order valence-corrected chi connectivity index (χ2v) is 18.0. The second kappa shape index (κ2) is 15.9. The lowest BCUT2D eigenvalue weighted by atomic mass is 9.90. The van der Waals surface area contributed by atoms with Crippen LogP contribution in [0.2, 0.25) is 0 Å². The fourth-order valence-corrected chi connectivity index (χ4v) is 10.9. The quantitative estimate of drug-likeness (QED) is 0.150. The third kappa shape index (κ3) is 6.60. The second-order valence-electron chi connectivity index (χ2n) is 18.0. The van der Waals surface area contributed by atoms with Crippen LogP contribution in [-0.2, 0) is 0 Å². The number of carbonyl (C=O) groups is 2. The Morgan fingerprint density at radius 3 is 1.23 bits per heavy atom. The maximum Gasteiger partial charge on any atom is 0.268 e. The molecule has 0 fully saturated rings. The van der Waals surface area contributed by atoms with E-state index < -0.39 is 0 Å². The number of aromatic nitrogens is 1. The molecule has 1 aromatic heterocycles. The minimum Gasteiger partial charge on any atom is -0.308 e. The topological polar surface area (TPSA) is 42.3 Å². The van der Waals surface area contributed by atoms with Gasteiger partial charge in [-0.25, -0.2) is 4.90 Å². The number of amides is 2. The fraction of sp³-hybridized carbons (Fsp3) is 0.0968. The predicted octanol–water partition coefficient (Wildman–Crippen LogP) is 15.8. The van der Waals surface area contributed by atoms with Crippen molar-refractivity contribution in [3.05, 3.63) is 226 Å². The Morgan fingerprint density at radius 1 is 0.333 bits per heavy atom. The summed E-state index contributed by atoms with van der Waals surface area (Å²) in [6, 6.07) is 62.8. The Morgan fingerprint density at radius 2 is 0.773 bits per heavy atom. The SMILES string of the molecule is Cc1cc(C)c(-c2ccc3c(c2)c2cc(-c4c(C)cc(C)cc4C)ccc2n3-c2cccc3c2C(=O)N(c2c(-c4ccccc4)cc(-c4ccccc4)cc2-c2ccccc2)C3=O)c(C)c1. The van der Waals surface area contributed by atoms with Gasteiger partial charge >= 0.3 is 0 Å². The number of hydrogen-bond donors (Lipinski definition) is 0. The van der Waals surface area contributed by atoms with Gasteiger partial charge in [-0.2, -0.15) is 0 Å². The van der Waals surface area contributed by atoms with Gasteiger partial charge in [-0.3, -0.25) is 9.59 Å². The van der Waals surface area contributed by atoms with Crippen molar-refractivity contribution in [1.82, 2.24) is 4.57 Å². The summed E-state index contributed by atoms with van der Waals surface area (Å²) < 4.78 is 2.20. The van der Waals surface area contributed by atoms with E-state index in [0.717, 1.165) is 66.3 Å². The third-order valence-corrected chi connectivity index (χ3v) is 13.4. The Hall–Kier alpha value is -8.08. The molecule has 2 heterocycles. The monoisotopic (exact) mass is 852 g/mol. The first kappa shape index (κ1) is 40.7. The van der Waals surface area contributed by atoms with Crippen LogP contribution >= 0.6 is 0 Å². The van der Waals surface area contributed by atoms with Crippen LogP contribution in [0.25, 0.3) is 83.1 Å². The molecule has 318 valence electrons. The number of anilines is 1. The summed E-state index contributed by atoms with van der Waals surface area (Å²) in [7, 11) is 0. The highest BCUT2D eigenvalue weighted by molar-refractivity contribution is 6.37. The van der Waals surface area contributed by atoms with E-state index in [1.165, 1.54) is 49.4 Å². The Labute approximate surface area is 386 Å². The van der Waals surface area contributed by atoms with Crippen LogP contribution in [0, 0.1) is 41.5 Å². The smallest absolute Gasteiger partial charge is 0.268 e. The van der Waals surface area contributed by atoms with E-state index in [1.54, 1.807) is 6.07 Å². The Bertz CT molecular complexity index is 3400. The van der Waals surface area contributed by atoms with Crippen LogP contribution in [0.15, 0.2) is 182 Å². The highest BCUT2D eigenvalue weighted by Crippen LogP contribution is 2.47. The number of fused-ring (bicyclic) bond motifs is 4. The highest BCUT2D eigenvalue weighted by Gasteiger charge is 2.42. The fourth-order valence-electron chi connectivity index (χ4n) is 10.9. The lowest BCUT2D eigenvalue weighted by Crippen LogP contribution is -2.30. The van der Waals surface area contributed by atoms with E-state index in [2.05, 4.69) is 131 Å². The normalized spacial score (nSPS) is 12.4. The molecule has 0 spiro atoms. The van der Waals surface area contributed by atoms with Crippen LogP contribution < -0.4 is 4.90 Å². The van der Waals surface area contributed by atoms with E-state index in [4.69, 9.17) is 0 Å². The molecule has 11 rings (SSSR count). The molecule has 0 saturated carbocycles. The summed E-state index contributed by atoms with van der Waals surface area (Å²) >= 11 is 0. The number of carbonyl (C=O) groups excluding carboxylic acids is 2. The summed E-state index contributed by atoms with van der Waals surface area (Å²) in [6.07, 6.45) is 0. The zero-order valence-electron chi connectivity index (χ0n) is 38.0. The average Bonchev–Trinajstić information content (AvgIpc) is 3.77. The van der Waals surface area contributed by atoms with E-state index >= 15 is 9.59 Å². The number of hydrogen-bond acceptors (Lipinski definition) is 2. The number of benzene rings is 9. The first-order valence-electron chi connectivity index (χ1n) is 22.7. The molecule has 4 heteroatoms. The first-order valence-corrected chi connectivity index (χ1v) is 22.7. The van der Waals surface area contributed by atoms with Gasteiger partial charge < -0.3 is 4.57 Å². The predicted molar refractivity (Wildman–Crippen MR) is 274 cm³/mol. The van der Waals surface area contributed by atoms with Crippen molar-refractivity contribution in [3.8, 4) is 61.3 Å². The molecular formula is C62H48N2O2. The third-order valence-electron chi connectivity index (χ3n) is 13.4. The molecule has 0 atom stereocenters. The van der Waals surface area contributed by atoms with Crippen LogP contribution in [0.3, 0.4) is 0 Å². The lowest BCUT2D eigenvalue weighted by Gasteiger charge is -2.24. The molecule has 0 bridgehead atoms. The van der Waals surface area contributed by atoms with Gasteiger partial charge in [0.2, 0.25) is 0 Å². The number of nitrogens with zero attached hydrogens (tertiary/aromatic N) is 2. The first-order chi connectivity index (χ1) is 32.0. The molecule has 0 unspecified atom stereocenters. The van der Waals surface area contributed by atoms with Crippen molar-refractivity contribution in [2.45, 2.75) is 41.5 Å². The van der Waals surface area contributed by atoms with Gasteiger partial charge in [0.1, 0.15) is 0 Å². The molecule has 1 aliphatic heterocycles. The number of imide groups is 1. The van der Waals surface area contributed by atoms with E-state index in [1.807, 2.05) is 91.0 Å². The maximum atomic E-state index is 15.7. The maximum absolute atomic E-state index is 15.7. The van der Waals surface area contributed by atoms with Gasteiger partial charge in [-0.1, -0.05) is 145 Å². The molecule has 0 aliphatic carbocycles. The van der Waals surface area contributed by atoms with Crippen LogP contribution in [-0.4, -0.2) is 16.4 Å². The highest BCUT2D eigenvalue weighted by atomic mass is 16.2. The van der Waals surface area contributed by atoms with Crippen molar-refractivity contribution in [1.29, 1.82) is 0 Å². The Balaban J connectivity index is 1.16. The zero-order valence-corrected chi connectivity index (χ0v) is 38.0. The van der Waals surface area contributed by atoms with Gasteiger partial charge in [-0.05, 0) is 157 Å². The average molecular weight is 853 g/mol. The molecule has 4 nitrogen and oxygen atoms in total. The standard InChI is InChI=1S/C62H48N2O2/c1-37-29-39(3)57(40(4)30-37)46-25-27-54-52(33-46)53-34-47(58-41(5)31-38(2)32-42(58)6)26-28-55(53)63(54)56-24-16-23-49-59(56)62(66)64(61(49)65)60-50(44-19-12-8-13-20-44)35-48(43-17-10-7-11-18-43)36-51(60)45-21-14-9-15-22-45/h7-36H,1-6H3. The largest absolute Gasteiger partial charge is 0.308 e. The molecule has 10 aromatic rings. The van der Waals surface area contributed by atoms with Crippen LogP contribution in [0.4, 0.5) is 5.69 Å². The van der Waals surface area contributed by atoms with E-state index in [0.29, 0.717) is 22.5 Å². The molecule has 0 radical (unpaired) electrons. The van der Waals surface area contributed by atoms with E-state index in [-0.39, 0.29) is 11.8 Å². The van der Waals surface area contributed by atoms with Crippen LogP contribution in [0.5, 0.6) is 0 Å². The van der Waals surface area contributed by atoms with Crippen LogP contribution in [0.1, 0.15) is 54.1 Å². The molecule has 1 aliphatic rings. The molecule has 2 amide bonds. The minimum absolute atomic E-state index is 0.348. The summed E-state index contributed by atoms with van der Waals surface area (Å²) in [5, 5.41) is 2.15. The van der Waals surface area contributed by atoms with E-state index in [9.17, 15) is 0 Å². The molecular weight excluding hydrogens is 805 g/mol. The number of rotatable bonds is 7. The Kier molecular flexibility index (Phi) is 9.78. The summed E-state index contributed by atoms with van der Waals surface area (Å²) in [4.78, 5) is 32.4. The summed E-state index contributed by atoms with van der Waals surface area (Å²) in [5.41, 5.74) is 21.5. The van der Waals surface area contributed by atoms with Gasteiger partial charge in [0.25, 0.3) is 11.8 Å². The lowest BCUT2D eigenvalue weighted by molar-refractivity contribution is 0.0926. The minimum atomic E-state index is -0.354. The molecule has 0 N–H and O–H groups in total. The van der Waals surface area contributed by atoms with Crippen molar-refractivity contribution < 1.29 is 9.59 Å². The summed E-state index contributed by atoms with van der Waals surface area (Å²) in [6.45, 7) is 13.0. The van der Waals surface area contributed by atoms with Gasteiger partial charge in [0.15, 0.2) is 0 Å². The van der Waals surface area contributed by atoms with Crippen molar-refractivity contribution in [3.63, 3.8) is 0 Å². The van der Waals surface area contributed by atoms with Gasteiger partial charge in [-0.15, -0.1) is 0 Å².